The van der Waals surface area contributed by atoms with Gasteiger partial charge in [-0.1, -0.05) is 23.7 Å². The molecule has 1 unspecified atom stereocenters. The van der Waals surface area contributed by atoms with Crippen LogP contribution in [0, 0.1) is 0 Å². The van der Waals surface area contributed by atoms with Crippen molar-refractivity contribution in [3.05, 3.63) is 35.6 Å². The Bertz CT molecular complexity index is 474. The van der Waals surface area contributed by atoms with E-state index in [-0.39, 0.29) is 0 Å². The third-order valence-corrected chi connectivity index (χ3v) is 2.51. The first-order valence-electron chi connectivity index (χ1n) is 3.54. The van der Waals surface area contributed by atoms with Crippen LogP contribution in [0.3, 0.4) is 0 Å². The highest BCUT2D eigenvalue weighted by atomic mass is 35.5. The van der Waals surface area contributed by atoms with Gasteiger partial charge in [-0.3, -0.25) is 0 Å². The van der Waals surface area contributed by atoms with Crippen LogP contribution < -0.4 is 0 Å². The van der Waals surface area contributed by atoms with Crippen molar-refractivity contribution in [2.45, 2.75) is 0 Å². The molecule has 0 saturated heterocycles. The molecule has 0 amide bonds. The zero-order chi connectivity index (χ0) is 9.26. The van der Waals surface area contributed by atoms with Gasteiger partial charge in [0.05, 0.1) is 5.02 Å². The second-order valence-electron chi connectivity index (χ2n) is 2.38. The quantitative estimate of drug-likeness (QED) is 0.724. The van der Waals surface area contributed by atoms with E-state index in [2.05, 4.69) is 4.20 Å². The van der Waals surface area contributed by atoms with Crippen LogP contribution in [-0.4, -0.2) is 0 Å². The van der Waals surface area contributed by atoms with Crippen molar-refractivity contribution in [3.8, 4) is 11.3 Å². The lowest BCUT2D eigenvalue weighted by Gasteiger charge is -1.93. The fourth-order valence-corrected chi connectivity index (χ4v) is 1.74. The lowest BCUT2D eigenvalue weighted by molar-refractivity contribution is 0.518. The summed E-state index contributed by atoms with van der Waals surface area (Å²) in [7, 11) is -2.04. The summed E-state index contributed by atoms with van der Waals surface area (Å²) in [5, 5.41) is 0.544. The molecule has 0 N–H and O–H groups in total. The number of halogens is 1. The molecule has 1 aromatic heterocycles. The average Bonchev–Trinajstić information content (AvgIpc) is 2.53. The van der Waals surface area contributed by atoms with Gasteiger partial charge in [-0.15, -0.1) is 0 Å². The topological polar surface area (TPSA) is 43.4 Å². The minimum Gasteiger partial charge on any atom is -0.226 e. The van der Waals surface area contributed by atoms with Crippen molar-refractivity contribution >= 4 is 19.5 Å². The van der Waals surface area contributed by atoms with E-state index < -0.39 is 7.89 Å². The van der Waals surface area contributed by atoms with Crippen LogP contribution in [0.15, 0.2) is 38.9 Å². The molecule has 0 aliphatic heterocycles. The molecule has 2 aromatic rings. The van der Waals surface area contributed by atoms with Gasteiger partial charge in [0.15, 0.2) is 0 Å². The summed E-state index contributed by atoms with van der Waals surface area (Å²) in [6, 6.07) is 7.12. The van der Waals surface area contributed by atoms with Crippen molar-refractivity contribution in [3.63, 3.8) is 0 Å². The molecule has 0 spiro atoms. The molecule has 1 aromatic carbocycles. The fourth-order valence-electron chi connectivity index (χ4n) is 0.988. The number of benzene rings is 1. The summed E-state index contributed by atoms with van der Waals surface area (Å²) in [5.74, 6) is 0.409. The molecule has 1 heterocycles. The minimum absolute atomic E-state index is 0.409. The van der Waals surface area contributed by atoms with Crippen molar-refractivity contribution in [1.29, 1.82) is 0 Å². The zero-order valence-corrected chi connectivity index (χ0v) is 8.09. The molecule has 0 fully saturated rings. The summed E-state index contributed by atoms with van der Waals surface area (Å²) in [4.78, 5) is 0. The summed E-state index contributed by atoms with van der Waals surface area (Å²) in [6.45, 7) is 0. The Labute approximate surface area is 79.9 Å². The summed E-state index contributed by atoms with van der Waals surface area (Å²) in [5.41, 5.74) is 0.685. The molecule has 0 bridgehead atoms. The minimum atomic E-state index is -2.04. The van der Waals surface area contributed by atoms with E-state index in [0.717, 1.165) is 0 Å². The van der Waals surface area contributed by atoms with Gasteiger partial charge < -0.3 is 0 Å². The molecular weight excluding hydrogens is 211 g/mol. The van der Waals surface area contributed by atoms with E-state index >= 15 is 0 Å². The molecule has 5 heteroatoms. The monoisotopic (exact) mass is 215 g/mol. The summed E-state index contributed by atoms with van der Waals surface area (Å²) < 4.78 is 20.3. The Morgan fingerprint density at radius 3 is 2.69 bits per heavy atom. The lowest BCUT2D eigenvalue weighted by Crippen LogP contribution is -1.73. The maximum absolute atomic E-state index is 10.7. The molecule has 0 aliphatic carbocycles. The third-order valence-electron chi connectivity index (χ3n) is 1.56. The molecule has 2 rings (SSSR count). The van der Waals surface area contributed by atoms with Crippen LogP contribution in [0.4, 0.5) is 0 Å². The van der Waals surface area contributed by atoms with Gasteiger partial charge in [0, 0.05) is 10.1 Å². The highest BCUT2D eigenvalue weighted by Gasteiger charge is 2.15. The first-order chi connectivity index (χ1) is 6.27. The molecule has 0 saturated carbocycles. The van der Waals surface area contributed by atoms with E-state index in [1.54, 1.807) is 12.1 Å². The second-order valence-corrected chi connectivity index (χ2v) is 3.63. The maximum Gasteiger partial charge on any atom is 0.805 e. The molecule has 13 heavy (non-hydrogen) atoms. The van der Waals surface area contributed by atoms with E-state index in [1.807, 2.05) is 12.1 Å². The molecule has 1 atom stereocenters. The normalized spacial score (nSPS) is 11.6. The lowest BCUT2D eigenvalue weighted by atomic mass is 10.2. The molecule has 0 aliphatic rings. The largest absolute Gasteiger partial charge is 0.805 e. The SMILES string of the molecule is O=[p+]1occ(-c2ccccc2Cl)o1. The maximum atomic E-state index is 10.7. The second kappa shape index (κ2) is 3.36. The van der Waals surface area contributed by atoms with Gasteiger partial charge >= 0.3 is 7.89 Å². The van der Waals surface area contributed by atoms with Gasteiger partial charge in [-0.05, 0) is 12.1 Å². The van der Waals surface area contributed by atoms with Gasteiger partial charge in [0.2, 0.25) is 12.0 Å². The predicted molar refractivity (Wildman–Crippen MR) is 49.0 cm³/mol. The highest BCUT2D eigenvalue weighted by molar-refractivity contribution is 7.22. The van der Waals surface area contributed by atoms with Crippen molar-refractivity contribution in [2.75, 3.05) is 0 Å². The molecular formula is C8H5ClO3P+. The van der Waals surface area contributed by atoms with Gasteiger partial charge in [-0.25, -0.2) is 8.39 Å². The van der Waals surface area contributed by atoms with Crippen molar-refractivity contribution in [1.82, 2.24) is 0 Å². The zero-order valence-electron chi connectivity index (χ0n) is 6.44. The van der Waals surface area contributed by atoms with Crippen LogP contribution in [0.5, 0.6) is 0 Å². The van der Waals surface area contributed by atoms with Crippen molar-refractivity contribution in [2.24, 2.45) is 0 Å². The van der Waals surface area contributed by atoms with E-state index in [4.69, 9.17) is 15.8 Å². The van der Waals surface area contributed by atoms with Gasteiger partial charge in [0.25, 0.3) is 0 Å². The number of rotatable bonds is 1. The van der Waals surface area contributed by atoms with E-state index in [1.165, 1.54) is 6.26 Å². The summed E-state index contributed by atoms with van der Waals surface area (Å²) in [6.07, 6.45) is 1.31. The Morgan fingerprint density at radius 2 is 2.08 bits per heavy atom. The average molecular weight is 216 g/mol. The van der Waals surface area contributed by atoms with Crippen LogP contribution in [-0.2, 0) is 4.57 Å². The molecule has 3 nitrogen and oxygen atoms in total. The summed E-state index contributed by atoms with van der Waals surface area (Å²) >= 11 is 5.88. The molecule has 66 valence electrons. The van der Waals surface area contributed by atoms with E-state index in [9.17, 15) is 4.57 Å². The number of hydrogen-bond donors (Lipinski definition) is 0. The van der Waals surface area contributed by atoms with Crippen LogP contribution >= 0.6 is 19.5 Å². The standard InChI is InChI=1S/C8H5ClO3P/c9-7-4-2-1-3-6(7)8-5-11-13(10)12-8/h1-5H/q+1. The van der Waals surface area contributed by atoms with Crippen LogP contribution in [0.2, 0.25) is 5.02 Å². The van der Waals surface area contributed by atoms with Crippen molar-refractivity contribution < 1.29 is 13.0 Å². The Balaban J connectivity index is 2.58. The Kier molecular flexibility index (Phi) is 2.21. The third kappa shape index (κ3) is 1.67. The van der Waals surface area contributed by atoms with Crippen LogP contribution in [0.25, 0.3) is 11.3 Å². The highest BCUT2D eigenvalue weighted by Crippen LogP contribution is 2.31. The Hall–Kier alpha value is -1.05. The molecule has 0 radical (unpaired) electrons. The van der Waals surface area contributed by atoms with Gasteiger partial charge in [-0.2, -0.15) is 0 Å². The van der Waals surface area contributed by atoms with Gasteiger partial charge in [0.1, 0.15) is 0 Å². The predicted octanol–water partition coefficient (Wildman–Crippen LogP) is 3.94. The smallest absolute Gasteiger partial charge is 0.226 e. The van der Waals surface area contributed by atoms with Crippen LogP contribution in [0.1, 0.15) is 0 Å². The fraction of sp³-hybridized carbons (Fsp3) is 0. The Morgan fingerprint density at radius 1 is 1.31 bits per heavy atom. The number of hydrogen-bond acceptors (Lipinski definition) is 3. The first-order valence-corrected chi connectivity index (χ1v) is 5.02. The first kappa shape index (κ1) is 8.54. The van der Waals surface area contributed by atoms with E-state index in [0.29, 0.717) is 16.3 Å².